The summed E-state index contributed by atoms with van der Waals surface area (Å²) in [5, 5.41) is 2.68. The van der Waals surface area contributed by atoms with Gasteiger partial charge in [0, 0.05) is 38.3 Å². The van der Waals surface area contributed by atoms with Gasteiger partial charge in [-0.2, -0.15) is 0 Å². The van der Waals surface area contributed by atoms with Gasteiger partial charge in [-0.25, -0.2) is 8.78 Å². The molecule has 1 N–H and O–H groups in total. The molecule has 0 bridgehead atoms. The van der Waals surface area contributed by atoms with Crippen molar-refractivity contribution in [2.24, 2.45) is 0 Å². The molecule has 0 spiro atoms. The predicted octanol–water partition coefficient (Wildman–Crippen LogP) is 2.68. The predicted molar refractivity (Wildman–Crippen MR) is 103 cm³/mol. The molecule has 3 rings (SSSR count). The summed E-state index contributed by atoms with van der Waals surface area (Å²) in [5.74, 6) is -0.826. The van der Waals surface area contributed by atoms with E-state index in [4.69, 9.17) is 0 Å². The summed E-state index contributed by atoms with van der Waals surface area (Å²) in [4.78, 5) is 28.2. The second kappa shape index (κ2) is 9.41. The van der Waals surface area contributed by atoms with Crippen molar-refractivity contribution in [2.75, 3.05) is 38.0 Å². The van der Waals surface area contributed by atoms with Crippen LogP contribution in [0.5, 0.6) is 0 Å². The first-order valence-corrected chi connectivity index (χ1v) is 9.29. The Bertz CT molecular complexity index is 819. The third kappa shape index (κ3) is 5.85. The number of carbonyl (C=O) groups excluding carboxylic acids is 2. The van der Waals surface area contributed by atoms with E-state index in [-0.39, 0.29) is 24.2 Å². The maximum absolute atomic E-state index is 13.2. The molecule has 148 valence electrons. The maximum atomic E-state index is 13.2. The second-order valence-electron chi connectivity index (χ2n) is 6.84. The van der Waals surface area contributed by atoms with Crippen LogP contribution in [0.2, 0.25) is 0 Å². The number of nitrogens with zero attached hydrogens (tertiary/aromatic N) is 2. The van der Waals surface area contributed by atoms with Crippen molar-refractivity contribution in [2.45, 2.75) is 12.8 Å². The number of hydrogen-bond donors (Lipinski definition) is 1. The fraction of sp³-hybridized carbons (Fsp3) is 0.333. The van der Waals surface area contributed by atoms with Gasteiger partial charge in [0.15, 0.2) is 0 Å². The molecule has 1 saturated heterocycles. The van der Waals surface area contributed by atoms with E-state index in [1.54, 1.807) is 29.2 Å². The monoisotopic (exact) mass is 387 g/mol. The van der Waals surface area contributed by atoms with Crippen LogP contribution in [0.15, 0.2) is 48.5 Å². The lowest BCUT2D eigenvalue weighted by Gasteiger charge is -2.34. The summed E-state index contributed by atoms with van der Waals surface area (Å²) in [5.41, 5.74) is 1.36. The standard InChI is InChI=1S/C21H23F2N3O2/c22-17-7-4-16(5-8-17)6-9-21(28)26-12-10-25(11-13-26)15-20(27)24-19-3-1-2-18(23)14-19/h1-5,7-8,14H,6,9-13,15H2,(H,24,27). The molecule has 2 amide bonds. The van der Waals surface area contributed by atoms with Gasteiger partial charge in [-0.15, -0.1) is 0 Å². The van der Waals surface area contributed by atoms with Crippen molar-refractivity contribution in [3.63, 3.8) is 0 Å². The van der Waals surface area contributed by atoms with Crippen LogP contribution in [-0.4, -0.2) is 54.3 Å². The summed E-state index contributed by atoms with van der Waals surface area (Å²) in [6.07, 6.45) is 0.959. The molecule has 2 aromatic rings. The topological polar surface area (TPSA) is 52.7 Å². The molecule has 0 saturated carbocycles. The van der Waals surface area contributed by atoms with Gasteiger partial charge in [0.2, 0.25) is 11.8 Å². The summed E-state index contributed by atoms with van der Waals surface area (Å²) in [7, 11) is 0. The number of benzene rings is 2. The molecule has 2 aromatic carbocycles. The Kier molecular flexibility index (Phi) is 6.71. The van der Waals surface area contributed by atoms with E-state index in [1.807, 2.05) is 4.90 Å². The van der Waals surface area contributed by atoms with Crippen LogP contribution >= 0.6 is 0 Å². The third-order valence-electron chi connectivity index (χ3n) is 4.74. The molecule has 28 heavy (non-hydrogen) atoms. The molecule has 1 aliphatic rings. The number of rotatable bonds is 6. The van der Waals surface area contributed by atoms with Crippen LogP contribution < -0.4 is 5.32 Å². The van der Waals surface area contributed by atoms with Crippen molar-refractivity contribution in [3.8, 4) is 0 Å². The van der Waals surface area contributed by atoms with Crippen LogP contribution in [0.25, 0.3) is 0 Å². The molecule has 0 aliphatic carbocycles. The van der Waals surface area contributed by atoms with E-state index < -0.39 is 5.82 Å². The summed E-state index contributed by atoms with van der Waals surface area (Å²) in [6, 6.07) is 12.0. The Morgan fingerprint density at radius 3 is 2.32 bits per heavy atom. The molecule has 1 fully saturated rings. The number of amides is 2. The number of nitrogens with one attached hydrogen (secondary N) is 1. The Hall–Kier alpha value is -2.80. The quantitative estimate of drug-likeness (QED) is 0.829. The van der Waals surface area contributed by atoms with Gasteiger partial charge in [0.25, 0.3) is 0 Å². The molecule has 0 radical (unpaired) electrons. The smallest absolute Gasteiger partial charge is 0.238 e. The highest BCUT2D eigenvalue weighted by Crippen LogP contribution is 2.11. The van der Waals surface area contributed by atoms with Gasteiger partial charge >= 0.3 is 0 Å². The van der Waals surface area contributed by atoms with E-state index in [1.165, 1.54) is 24.3 Å². The van der Waals surface area contributed by atoms with Crippen LogP contribution in [0.4, 0.5) is 14.5 Å². The molecular formula is C21H23F2N3O2. The number of halogens is 2. The van der Waals surface area contributed by atoms with E-state index in [0.29, 0.717) is 44.7 Å². The zero-order valence-corrected chi connectivity index (χ0v) is 15.5. The number of piperazine rings is 1. The zero-order chi connectivity index (χ0) is 19.9. The van der Waals surface area contributed by atoms with Gasteiger partial charge in [0.05, 0.1) is 6.54 Å². The third-order valence-corrected chi connectivity index (χ3v) is 4.74. The average Bonchev–Trinajstić information content (AvgIpc) is 2.68. The Balaban J connectivity index is 1.39. The molecule has 0 unspecified atom stereocenters. The molecule has 1 heterocycles. The lowest BCUT2D eigenvalue weighted by Crippen LogP contribution is -2.50. The highest BCUT2D eigenvalue weighted by atomic mass is 19.1. The summed E-state index contributed by atoms with van der Waals surface area (Å²) in [6.45, 7) is 2.55. The second-order valence-corrected chi connectivity index (χ2v) is 6.84. The zero-order valence-electron chi connectivity index (χ0n) is 15.5. The first-order chi connectivity index (χ1) is 13.5. The van der Waals surface area contributed by atoms with E-state index >= 15 is 0 Å². The largest absolute Gasteiger partial charge is 0.340 e. The van der Waals surface area contributed by atoms with Gasteiger partial charge in [0.1, 0.15) is 11.6 Å². The van der Waals surface area contributed by atoms with Crippen molar-refractivity contribution in [3.05, 3.63) is 65.7 Å². The van der Waals surface area contributed by atoms with Gasteiger partial charge in [-0.3, -0.25) is 14.5 Å². The van der Waals surface area contributed by atoms with Gasteiger partial charge < -0.3 is 10.2 Å². The molecule has 1 aliphatic heterocycles. The highest BCUT2D eigenvalue weighted by molar-refractivity contribution is 5.92. The minimum atomic E-state index is -0.398. The SMILES string of the molecule is O=C(CN1CCN(C(=O)CCc2ccc(F)cc2)CC1)Nc1cccc(F)c1. The van der Waals surface area contributed by atoms with Crippen molar-refractivity contribution >= 4 is 17.5 Å². The molecule has 7 heteroatoms. The van der Waals surface area contributed by atoms with Gasteiger partial charge in [-0.05, 0) is 42.3 Å². The van der Waals surface area contributed by atoms with Gasteiger partial charge in [-0.1, -0.05) is 18.2 Å². The Morgan fingerprint density at radius 1 is 0.929 bits per heavy atom. The van der Waals surface area contributed by atoms with Crippen LogP contribution in [0, 0.1) is 11.6 Å². The maximum Gasteiger partial charge on any atom is 0.238 e. The fourth-order valence-electron chi connectivity index (χ4n) is 3.19. The average molecular weight is 387 g/mol. The number of carbonyl (C=O) groups is 2. The Labute approximate surface area is 162 Å². The first-order valence-electron chi connectivity index (χ1n) is 9.29. The Morgan fingerprint density at radius 2 is 1.64 bits per heavy atom. The van der Waals surface area contributed by atoms with E-state index in [9.17, 15) is 18.4 Å². The number of anilines is 1. The van der Waals surface area contributed by atoms with Crippen molar-refractivity contribution in [1.29, 1.82) is 0 Å². The summed E-state index contributed by atoms with van der Waals surface area (Å²) < 4.78 is 26.1. The normalized spacial score (nSPS) is 14.7. The van der Waals surface area contributed by atoms with E-state index in [2.05, 4.69) is 5.32 Å². The van der Waals surface area contributed by atoms with Crippen LogP contribution in [0.3, 0.4) is 0 Å². The molecule has 0 aromatic heterocycles. The summed E-state index contributed by atoms with van der Waals surface area (Å²) >= 11 is 0. The fourth-order valence-corrected chi connectivity index (χ4v) is 3.19. The molecule has 5 nitrogen and oxygen atoms in total. The van der Waals surface area contributed by atoms with Crippen molar-refractivity contribution < 1.29 is 18.4 Å². The lowest BCUT2D eigenvalue weighted by molar-refractivity contribution is -0.133. The number of aryl methyl sites for hydroxylation is 1. The highest BCUT2D eigenvalue weighted by Gasteiger charge is 2.22. The van der Waals surface area contributed by atoms with Crippen LogP contribution in [0.1, 0.15) is 12.0 Å². The van der Waals surface area contributed by atoms with E-state index in [0.717, 1.165) is 5.56 Å². The van der Waals surface area contributed by atoms with Crippen molar-refractivity contribution in [1.82, 2.24) is 9.80 Å². The minimum absolute atomic E-state index is 0.0631. The minimum Gasteiger partial charge on any atom is -0.340 e. The number of hydrogen-bond acceptors (Lipinski definition) is 3. The molecule has 0 atom stereocenters. The van der Waals surface area contributed by atoms with Crippen LogP contribution in [-0.2, 0) is 16.0 Å². The molecular weight excluding hydrogens is 364 g/mol. The lowest BCUT2D eigenvalue weighted by atomic mass is 10.1. The first kappa shape index (κ1) is 19.9.